The van der Waals surface area contributed by atoms with Crippen LogP contribution >= 0.6 is 11.8 Å². The van der Waals surface area contributed by atoms with Gasteiger partial charge in [-0.05, 0) is 35.7 Å². The highest BCUT2D eigenvalue weighted by Gasteiger charge is 2.12. The molecule has 3 aromatic heterocycles. The zero-order valence-electron chi connectivity index (χ0n) is 15.8. The summed E-state index contributed by atoms with van der Waals surface area (Å²) >= 11 is 1.50. The van der Waals surface area contributed by atoms with Gasteiger partial charge in [-0.1, -0.05) is 43.8 Å². The molecule has 0 aliphatic rings. The Morgan fingerprint density at radius 2 is 1.93 bits per heavy atom. The van der Waals surface area contributed by atoms with Crippen LogP contribution in [0.25, 0.3) is 5.65 Å². The number of hydrogen-bond acceptors (Lipinski definition) is 6. The highest BCUT2D eigenvalue weighted by atomic mass is 32.2. The van der Waals surface area contributed by atoms with Gasteiger partial charge in [0.05, 0.1) is 5.69 Å². The number of aromatic nitrogens is 5. The van der Waals surface area contributed by atoms with E-state index in [9.17, 15) is 0 Å². The van der Waals surface area contributed by atoms with Crippen molar-refractivity contribution in [2.45, 2.75) is 37.3 Å². The Morgan fingerprint density at radius 3 is 2.68 bits per heavy atom. The molecule has 0 aliphatic carbocycles. The van der Waals surface area contributed by atoms with Crippen molar-refractivity contribution < 1.29 is 4.74 Å². The summed E-state index contributed by atoms with van der Waals surface area (Å²) in [6, 6.07) is 14.0. The average molecular weight is 395 g/mol. The number of nitrogens with zero attached hydrogens (tertiary/aromatic N) is 5. The summed E-state index contributed by atoms with van der Waals surface area (Å²) in [4.78, 5) is 4.58. The summed E-state index contributed by atoms with van der Waals surface area (Å²) in [5.41, 5.74) is 3.16. The average Bonchev–Trinajstić information content (AvgIpc) is 3.28. The number of pyridine rings is 1. The molecule has 1 aromatic carbocycles. The molecular formula is C20H22N6OS. The molecule has 4 aromatic rings. The monoisotopic (exact) mass is 394 g/mol. The number of nitrogens with two attached hydrogens (primary N) is 1. The van der Waals surface area contributed by atoms with Gasteiger partial charge in [-0.25, -0.2) is 9.66 Å². The number of benzene rings is 1. The maximum Gasteiger partial charge on any atom is 0.210 e. The van der Waals surface area contributed by atoms with Crippen molar-refractivity contribution in [3.05, 3.63) is 71.9 Å². The second-order valence-corrected chi connectivity index (χ2v) is 7.71. The molecule has 0 spiro atoms. The van der Waals surface area contributed by atoms with E-state index in [0.29, 0.717) is 22.7 Å². The van der Waals surface area contributed by atoms with Crippen molar-refractivity contribution in [1.82, 2.24) is 24.3 Å². The summed E-state index contributed by atoms with van der Waals surface area (Å²) in [6.07, 6.45) is 3.98. The van der Waals surface area contributed by atoms with E-state index in [1.807, 2.05) is 47.1 Å². The molecule has 144 valence electrons. The van der Waals surface area contributed by atoms with Crippen molar-refractivity contribution >= 4 is 17.4 Å². The van der Waals surface area contributed by atoms with Gasteiger partial charge in [0, 0.05) is 18.1 Å². The van der Waals surface area contributed by atoms with E-state index in [4.69, 9.17) is 10.6 Å². The van der Waals surface area contributed by atoms with Crippen molar-refractivity contribution in [2.24, 2.45) is 0 Å². The second kappa shape index (κ2) is 7.93. The number of fused-ring (bicyclic) bond motifs is 1. The van der Waals surface area contributed by atoms with E-state index in [0.717, 1.165) is 17.1 Å². The Labute approximate surface area is 167 Å². The summed E-state index contributed by atoms with van der Waals surface area (Å²) in [5.74, 6) is 8.65. The predicted octanol–water partition coefficient (Wildman–Crippen LogP) is 3.63. The Morgan fingerprint density at radius 1 is 1.11 bits per heavy atom. The summed E-state index contributed by atoms with van der Waals surface area (Å²) in [6.45, 7) is 4.59. The molecule has 28 heavy (non-hydrogen) atoms. The topological polar surface area (TPSA) is 83.3 Å². The van der Waals surface area contributed by atoms with Gasteiger partial charge in [0.15, 0.2) is 5.82 Å². The highest BCUT2D eigenvalue weighted by molar-refractivity contribution is 7.98. The molecule has 0 atom stereocenters. The first-order chi connectivity index (χ1) is 13.6. The van der Waals surface area contributed by atoms with Gasteiger partial charge in [-0.3, -0.25) is 0 Å². The first-order valence-corrected chi connectivity index (χ1v) is 10.1. The van der Waals surface area contributed by atoms with Crippen molar-refractivity contribution in [2.75, 3.05) is 5.84 Å². The van der Waals surface area contributed by atoms with Crippen LogP contribution < -0.4 is 10.6 Å². The van der Waals surface area contributed by atoms with E-state index in [2.05, 4.69) is 41.2 Å². The van der Waals surface area contributed by atoms with Gasteiger partial charge in [-0.15, -0.1) is 10.2 Å². The summed E-state index contributed by atoms with van der Waals surface area (Å²) in [5, 5.41) is 8.95. The molecule has 0 radical (unpaired) electrons. The molecule has 0 unspecified atom stereocenters. The molecule has 0 bridgehead atoms. The van der Waals surface area contributed by atoms with Gasteiger partial charge in [0.2, 0.25) is 5.16 Å². The van der Waals surface area contributed by atoms with Crippen molar-refractivity contribution in [3.63, 3.8) is 0 Å². The molecule has 0 amide bonds. The van der Waals surface area contributed by atoms with Gasteiger partial charge >= 0.3 is 0 Å². The lowest BCUT2D eigenvalue weighted by atomic mass is 10.0. The van der Waals surface area contributed by atoms with E-state index in [1.54, 1.807) is 0 Å². The fourth-order valence-electron chi connectivity index (χ4n) is 2.80. The molecule has 3 heterocycles. The molecule has 7 nitrogen and oxygen atoms in total. The quantitative estimate of drug-likeness (QED) is 0.381. The highest BCUT2D eigenvalue weighted by Crippen LogP contribution is 2.22. The van der Waals surface area contributed by atoms with E-state index < -0.39 is 0 Å². The van der Waals surface area contributed by atoms with Crippen LogP contribution in [0.5, 0.6) is 5.75 Å². The van der Waals surface area contributed by atoms with Gasteiger partial charge in [-0.2, -0.15) is 0 Å². The molecule has 4 rings (SSSR count). The fraction of sp³-hybridized carbons (Fsp3) is 0.250. The zero-order chi connectivity index (χ0) is 19.5. The standard InChI is InChI=1S/C20H22N6OS/c1-14(2)15-6-8-17(9-7-15)27-12-19-23-24-20(26(19)21)28-13-16-11-25-10-4-3-5-18(25)22-16/h3-11,14H,12-13,21H2,1-2H3. The van der Waals surface area contributed by atoms with Crippen LogP contribution in [0.1, 0.15) is 36.8 Å². The molecule has 8 heteroatoms. The Bertz CT molecular complexity index is 1040. The molecule has 0 saturated carbocycles. The van der Waals surface area contributed by atoms with Crippen LogP contribution in [0.2, 0.25) is 0 Å². The number of hydrogen-bond donors (Lipinski definition) is 1. The number of thioether (sulfide) groups is 1. The lowest BCUT2D eigenvalue weighted by molar-refractivity contribution is 0.291. The number of imidazole rings is 1. The normalized spacial score (nSPS) is 11.4. The third-order valence-electron chi connectivity index (χ3n) is 4.41. The lowest BCUT2D eigenvalue weighted by Crippen LogP contribution is -2.15. The molecule has 0 fully saturated rings. The van der Waals surface area contributed by atoms with Gasteiger partial charge < -0.3 is 15.0 Å². The lowest BCUT2D eigenvalue weighted by Gasteiger charge is -2.08. The molecular weight excluding hydrogens is 372 g/mol. The first-order valence-electron chi connectivity index (χ1n) is 9.07. The van der Waals surface area contributed by atoms with Gasteiger partial charge in [0.1, 0.15) is 18.0 Å². The largest absolute Gasteiger partial charge is 0.486 e. The maximum absolute atomic E-state index is 6.14. The van der Waals surface area contributed by atoms with Gasteiger partial charge in [0.25, 0.3) is 0 Å². The van der Waals surface area contributed by atoms with Crippen LogP contribution in [-0.2, 0) is 12.4 Å². The number of ether oxygens (including phenoxy) is 1. The molecule has 0 saturated heterocycles. The number of nitrogen functional groups attached to an aromatic ring is 1. The van der Waals surface area contributed by atoms with Crippen LogP contribution in [0.15, 0.2) is 60.0 Å². The van der Waals surface area contributed by atoms with Crippen LogP contribution in [-0.4, -0.2) is 24.3 Å². The van der Waals surface area contributed by atoms with E-state index in [-0.39, 0.29) is 6.61 Å². The van der Waals surface area contributed by atoms with Crippen molar-refractivity contribution in [3.8, 4) is 5.75 Å². The smallest absolute Gasteiger partial charge is 0.210 e. The zero-order valence-corrected chi connectivity index (χ0v) is 16.6. The molecule has 0 aliphatic heterocycles. The van der Waals surface area contributed by atoms with E-state index >= 15 is 0 Å². The fourth-order valence-corrected chi connectivity index (χ4v) is 3.56. The first kappa shape index (κ1) is 18.4. The SMILES string of the molecule is CC(C)c1ccc(OCc2nnc(SCc3cn4ccccc4n3)n2N)cc1. The minimum atomic E-state index is 0.263. The third-order valence-corrected chi connectivity index (χ3v) is 5.39. The predicted molar refractivity (Wildman–Crippen MR) is 110 cm³/mol. The maximum atomic E-state index is 6.14. The Balaban J connectivity index is 1.37. The summed E-state index contributed by atoms with van der Waals surface area (Å²) < 4.78 is 9.26. The Hall–Kier alpha value is -3.00. The van der Waals surface area contributed by atoms with Crippen LogP contribution in [0.4, 0.5) is 0 Å². The minimum absolute atomic E-state index is 0.263. The van der Waals surface area contributed by atoms with Crippen LogP contribution in [0, 0.1) is 0 Å². The van der Waals surface area contributed by atoms with Crippen LogP contribution in [0.3, 0.4) is 0 Å². The van der Waals surface area contributed by atoms with Crippen molar-refractivity contribution in [1.29, 1.82) is 0 Å². The third kappa shape index (κ3) is 3.96. The number of rotatable bonds is 7. The van der Waals surface area contributed by atoms with E-state index in [1.165, 1.54) is 22.0 Å². The summed E-state index contributed by atoms with van der Waals surface area (Å²) in [7, 11) is 0. The Kier molecular flexibility index (Phi) is 5.21. The minimum Gasteiger partial charge on any atom is -0.486 e. The molecule has 2 N–H and O–H groups in total. The second-order valence-electron chi connectivity index (χ2n) is 6.77.